The number of aryl methyl sites for hydroxylation is 2. The maximum absolute atomic E-state index is 12.8. The van der Waals surface area contributed by atoms with Crippen LogP contribution in [0.15, 0.2) is 59.3 Å². The Morgan fingerprint density at radius 1 is 1.19 bits per heavy atom. The van der Waals surface area contributed by atoms with Gasteiger partial charge >= 0.3 is 0 Å². The Morgan fingerprint density at radius 2 is 2.00 bits per heavy atom. The molecule has 0 spiro atoms. The van der Waals surface area contributed by atoms with Crippen molar-refractivity contribution in [3.05, 3.63) is 76.8 Å². The number of hydrogen-bond donors (Lipinski definition) is 1. The van der Waals surface area contributed by atoms with Crippen LogP contribution in [0.4, 0.5) is 5.69 Å². The number of anilines is 1. The van der Waals surface area contributed by atoms with Gasteiger partial charge in [-0.25, -0.2) is 4.68 Å². The van der Waals surface area contributed by atoms with E-state index in [2.05, 4.69) is 10.4 Å². The lowest BCUT2D eigenvalue weighted by atomic mass is 10.1. The molecule has 0 aliphatic heterocycles. The van der Waals surface area contributed by atoms with Gasteiger partial charge in [-0.2, -0.15) is 5.10 Å². The lowest BCUT2D eigenvalue weighted by molar-refractivity contribution is 0.0998. The predicted octanol–water partition coefficient (Wildman–Crippen LogP) is 5.14. The number of aromatic nitrogens is 2. The van der Waals surface area contributed by atoms with Gasteiger partial charge in [-0.15, -0.1) is 0 Å². The summed E-state index contributed by atoms with van der Waals surface area (Å²) in [6, 6.07) is 13.0. The van der Waals surface area contributed by atoms with E-state index in [9.17, 15) is 4.79 Å². The largest absolute Gasteiger partial charge is 0.451 e. The standard InChI is InChI=1S/C20H16ClN3O2/c1-12-10-18-14(11-15(12)21)13(2)19(26-18)20(25)23-16-6-3-4-7-17(16)24-9-5-8-22-24/h3-11H,1-2H3,(H,23,25). The monoisotopic (exact) mass is 365 g/mol. The molecular weight excluding hydrogens is 350 g/mol. The first kappa shape index (κ1) is 16.4. The minimum absolute atomic E-state index is 0.275. The van der Waals surface area contributed by atoms with Gasteiger partial charge in [0, 0.05) is 28.4 Å². The van der Waals surface area contributed by atoms with Gasteiger partial charge in [0.15, 0.2) is 5.76 Å². The molecule has 1 amide bonds. The summed E-state index contributed by atoms with van der Waals surface area (Å²) in [5.74, 6) is -0.0379. The van der Waals surface area contributed by atoms with Gasteiger partial charge in [-0.1, -0.05) is 23.7 Å². The molecular formula is C20H16ClN3O2. The van der Waals surface area contributed by atoms with Crippen LogP contribution in [0.1, 0.15) is 21.7 Å². The third-order valence-electron chi connectivity index (χ3n) is 4.33. The van der Waals surface area contributed by atoms with Gasteiger partial charge in [0.25, 0.3) is 5.91 Å². The van der Waals surface area contributed by atoms with Gasteiger partial charge < -0.3 is 9.73 Å². The van der Waals surface area contributed by atoms with Gasteiger partial charge in [0.1, 0.15) is 5.58 Å². The summed E-state index contributed by atoms with van der Waals surface area (Å²) in [5.41, 5.74) is 3.74. The highest BCUT2D eigenvalue weighted by Crippen LogP contribution is 2.31. The van der Waals surface area contributed by atoms with Crippen molar-refractivity contribution in [3.8, 4) is 5.69 Å². The summed E-state index contributed by atoms with van der Waals surface area (Å²) < 4.78 is 7.50. The molecule has 2 aromatic carbocycles. The van der Waals surface area contributed by atoms with E-state index in [0.717, 1.165) is 22.2 Å². The van der Waals surface area contributed by atoms with Gasteiger partial charge in [-0.05, 0) is 49.7 Å². The minimum Gasteiger partial charge on any atom is -0.451 e. The van der Waals surface area contributed by atoms with E-state index >= 15 is 0 Å². The Bertz CT molecular complexity index is 1110. The van der Waals surface area contributed by atoms with Crippen LogP contribution in [-0.4, -0.2) is 15.7 Å². The first-order chi connectivity index (χ1) is 12.5. The average molecular weight is 366 g/mol. The van der Waals surface area contributed by atoms with Crippen molar-refractivity contribution in [2.45, 2.75) is 13.8 Å². The van der Waals surface area contributed by atoms with E-state index in [0.29, 0.717) is 16.3 Å². The number of carbonyl (C=O) groups excluding carboxylic acids is 1. The molecule has 0 aliphatic rings. The minimum atomic E-state index is -0.313. The third kappa shape index (κ3) is 2.76. The molecule has 0 unspecified atom stereocenters. The quantitative estimate of drug-likeness (QED) is 0.546. The molecule has 130 valence electrons. The van der Waals surface area contributed by atoms with E-state index in [1.165, 1.54) is 0 Å². The van der Waals surface area contributed by atoms with Gasteiger partial charge in [-0.3, -0.25) is 4.79 Å². The highest BCUT2D eigenvalue weighted by Gasteiger charge is 2.19. The maximum Gasteiger partial charge on any atom is 0.291 e. The molecule has 4 rings (SSSR count). The summed E-state index contributed by atoms with van der Waals surface area (Å²) in [6.45, 7) is 3.76. The van der Waals surface area contributed by atoms with Crippen LogP contribution in [0.3, 0.4) is 0 Å². The van der Waals surface area contributed by atoms with E-state index in [-0.39, 0.29) is 11.7 Å². The van der Waals surface area contributed by atoms with Crippen molar-refractivity contribution in [1.29, 1.82) is 0 Å². The zero-order chi connectivity index (χ0) is 18.3. The molecule has 2 heterocycles. The highest BCUT2D eigenvalue weighted by molar-refractivity contribution is 6.32. The van der Waals surface area contributed by atoms with E-state index < -0.39 is 0 Å². The fraction of sp³-hybridized carbons (Fsp3) is 0.100. The maximum atomic E-state index is 12.8. The number of para-hydroxylation sites is 2. The number of rotatable bonds is 3. The Balaban J connectivity index is 1.72. The molecule has 1 N–H and O–H groups in total. The number of nitrogens with one attached hydrogen (secondary N) is 1. The lowest BCUT2D eigenvalue weighted by Gasteiger charge is -2.10. The molecule has 0 radical (unpaired) electrons. The molecule has 0 saturated carbocycles. The van der Waals surface area contributed by atoms with Crippen molar-refractivity contribution in [2.24, 2.45) is 0 Å². The number of amides is 1. The molecule has 26 heavy (non-hydrogen) atoms. The summed E-state index contributed by atoms with van der Waals surface area (Å²) in [6.07, 6.45) is 3.51. The van der Waals surface area contributed by atoms with Crippen LogP contribution in [0.2, 0.25) is 5.02 Å². The first-order valence-electron chi connectivity index (χ1n) is 8.14. The summed E-state index contributed by atoms with van der Waals surface area (Å²) >= 11 is 6.20. The Morgan fingerprint density at radius 3 is 2.77 bits per heavy atom. The van der Waals surface area contributed by atoms with Gasteiger partial charge in [0.05, 0.1) is 11.4 Å². The first-order valence-corrected chi connectivity index (χ1v) is 8.52. The Kier molecular flexibility index (Phi) is 4.01. The molecule has 0 bridgehead atoms. The molecule has 6 heteroatoms. The SMILES string of the molecule is Cc1cc2oc(C(=O)Nc3ccccc3-n3cccn3)c(C)c2cc1Cl. The Labute approximate surface area is 155 Å². The van der Waals surface area contributed by atoms with Crippen LogP contribution in [-0.2, 0) is 0 Å². The normalized spacial score (nSPS) is 11.0. The fourth-order valence-corrected chi connectivity index (χ4v) is 3.09. The number of nitrogens with zero attached hydrogens (tertiary/aromatic N) is 2. The lowest BCUT2D eigenvalue weighted by Crippen LogP contribution is -2.14. The summed E-state index contributed by atoms with van der Waals surface area (Å²) in [7, 11) is 0. The predicted molar refractivity (Wildman–Crippen MR) is 102 cm³/mol. The third-order valence-corrected chi connectivity index (χ3v) is 4.73. The zero-order valence-corrected chi connectivity index (χ0v) is 15.0. The van der Waals surface area contributed by atoms with Crippen molar-refractivity contribution in [3.63, 3.8) is 0 Å². The van der Waals surface area contributed by atoms with Crippen LogP contribution in [0, 0.1) is 13.8 Å². The highest BCUT2D eigenvalue weighted by atomic mass is 35.5. The van der Waals surface area contributed by atoms with Crippen molar-refractivity contribution in [2.75, 3.05) is 5.32 Å². The number of halogens is 1. The molecule has 0 saturated heterocycles. The smallest absolute Gasteiger partial charge is 0.291 e. The van der Waals surface area contributed by atoms with Crippen LogP contribution in [0.5, 0.6) is 0 Å². The van der Waals surface area contributed by atoms with Crippen molar-refractivity contribution < 1.29 is 9.21 Å². The zero-order valence-electron chi connectivity index (χ0n) is 14.3. The second-order valence-electron chi connectivity index (χ2n) is 6.08. The number of benzene rings is 2. The van der Waals surface area contributed by atoms with Crippen LogP contribution < -0.4 is 5.32 Å². The van der Waals surface area contributed by atoms with Crippen molar-refractivity contribution >= 4 is 34.2 Å². The Hall–Kier alpha value is -3.05. The van der Waals surface area contributed by atoms with E-state index in [1.807, 2.05) is 62.5 Å². The topological polar surface area (TPSA) is 60.1 Å². The fourth-order valence-electron chi connectivity index (χ4n) is 2.93. The second kappa shape index (κ2) is 6.35. The molecule has 0 aliphatic carbocycles. The number of carbonyl (C=O) groups is 1. The van der Waals surface area contributed by atoms with Crippen LogP contribution in [0.25, 0.3) is 16.7 Å². The molecule has 4 aromatic rings. The summed E-state index contributed by atoms with van der Waals surface area (Å²) in [5, 5.41) is 8.64. The average Bonchev–Trinajstić information content (AvgIpc) is 3.26. The number of furan rings is 1. The molecule has 5 nitrogen and oxygen atoms in total. The second-order valence-corrected chi connectivity index (χ2v) is 6.48. The number of fused-ring (bicyclic) bond motifs is 1. The van der Waals surface area contributed by atoms with Crippen LogP contribution >= 0.6 is 11.6 Å². The number of hydrogen-bond acceptors (Lipinski definition) is 3. The van der Waals surface area contributed by atoms with Gasteiger partial charge in [0.2, 0.25) is 0 Å². The van der Waals surface area contributed by atoms with E-state index in [1.54, 1.807) is 10.9 Å². The molecule has 0 atom stereocenters. The molecule has 2 aromatic heterocycles. The summed E-state index contributed by atoms with van der Waals surface area (Å²) in [4.78, 5) is 12.8. The van der Waals surface area contributed by atoms with Crippen molar-refractivity contribution in [1.82, 2.24) is 9.78 Å². The molecule has 0 fully saturated rings. The van der Waals surface area contributed by atoms with E-state index in [4.69, 9.17) is 16.0 Å².